The van der Waals surface area contributed by atoms with Gasteiger partial charge in [-0.15, -0.1) is 11.3 Å². The summed E-state index contributed by atoms with van der Waals surface area (Å²) >= 11 is 1.32. The highest BCUT2D eigenvalue weighted by Gasteiger charge is 2.18. The number of nitrogens with zero attached hydrogens (tertiary/aromatic N) is 2. The first kappa shape index (κ1) is 18.2. The number of hydrogen-bond acceptors (Lipinski definition) is 6. The number of fused-ring (bicyclic) bond motifs is 1. The van der Waals surface area contributed by atoms with E-state index in [9.17, 15) is 4.79 Å². The van der Waals surface area contributed by atoms with Crippen molar-refractivity contribution in [3.05, 3.63) is 52.7 Å². The molecule has 0 amide bonds. The van der Waals surface area contributed by atoms with Crippen LogP contribution in [0.4, 0.5) is 5.69 Å². The maximum atomic E-state index is 12.1. The Morgan fingerprint density at radius 1 is 1.21 bits per heavy atom. The number of H-pyrrole nitrogens is 1. The highest BCUT2D eigenvalue weighted by molar-refractivity contribution is 7.17. The number of ether oxygens (including phenoxy) is 1. The van der Waals surface area contributed by atoms with Crippen LogP contribution in [-0.2, 0) is 4.74 Å². The molecule has 0 unspecified atom stereocenters. The summed E-state index contributed by atoms with van der Waals surface area (Å²) in [6, 6.07) is 11.8. The van der Waals surface area contributed by atoms with Gasteiger partial charge in [0.2, 0.25) is 0 Å². The molecule has 28 heavy (non-hydrogen) atoms. The number of carbonyl (C=O) groups is 1. The fourth-order valence-electron chi connectivity index (χ4n) is 3.13. The van der Waals surface area contributed by atoms with E-state index in [1.165, 1.54) is 11.3 Å². The van der Waals surface area contributed by atoms with E-state index in [1.54, 1.807) is 6.92 Å². The van der Waals surface area contributed by atoms with Gasteiger partial charge in [0, 0.05) is 16.6 Å². The number of nitrogens with two attached hydrogens (primary N) is 1. The van der Waals surface area contributed by atoms with Gasteiger partial charge in [-0.25, -0.2) is 9.78 Å². The summed E-state index contributed by atoms with van der Waals surface area (Å²) in [6.45, 7) is 5.90. The highest BCUT2D eigenvalue weighted by Crippen LogP contribution is 2.35. The van der Waals surface area contributed by atoms with Crippen molar-refractivity contribution < 1.29 is 9.53 Å². The fraction of sp³-hybridized carbons (Fsp3) is 0.190. The first-order valence-electron chi connectivity index (χ1n) is 8.97. The summed E-state index contributed by atoms with van der Waals surface area (Å²) in [6.07, 6.45) is 0. The van der Waals surface area contributed by atoms with E-state index in [0.29, 0.717) is 22.9 Å². The Balaban J connectivity index is 1.78. The maximum Gasteiger partial charge on any atom is 0.350 e. The number of benzene rings is 1. The van der Waals surface area contributed by atoms with E-state index in [2.05, 4.69) is 15.0 Å². The zero-order chi connectivity index (χ0) is 19.8. The van der Waals surface area contributed by atoms with Crippen molar-refractivity contribution in [2.45, 2.75) is 20.8 Å². The number of esters is 1. The molecule has 0 aliphatic rings. The van der Waals surface area contributed by atoms with Crippen LogP contribution < -0.4 is 5.73 Å². The number of hydrogen-bond donors (Lipinski definition) is 2. The Labute approximate surface area is 166 Å². The second-order valence-corrected chi connectivity index (χ2v) is 7.53. The number of thiazole rings is 1. The zero-order valence-corrected chi connectivity index (χ0v) is 16.7. The minimum absolute atomic E-state index is 0.337. The smallest absolute Gasteiger partial charge is 0.350 e. The van der Waals surface area contributed by atoms with Crippen LogP contribution in [0.25, 0.3) is 32.9 Å². The maximum absolute atomic E-state index is 12.1. The Kier molecular flexibility index (Phi) is 4.60. The number of nitrogen functional groups attached to an aromatic ring is 1. The van der Waals surface area contributed by atoms with Crippen molar-refractivity contribution in [2.24, 2.45) is 0 Å². The number of carbonyl (C=O) groups excluding carboxylic acids is 1. The molecule has 0 saturated heterocycles. The van der Waals surface area contributed by atoms with Gasteiger partial charge in [-0.05, 0) is 51.1 Å². The van der Waals surface area contributed by atoms with Gasteiger partial charge >= 0.3 is 5.97 Å². The van der Waals surface area contributed by atoms with Gasteiger partial charge in [-0.1, -0.05) is 6.07 Å². The number of pyridine rings is 1. The number of aryl methyl sites for hydroxylation is 2. The number of aromatic nitrogens is 3. The zero-order valence-electron chi connectivity index (χ0n) is 15.9. The van der Waals surface area contributed by atoms with E-state index < -0.39 is 0 Å². The second kappa shape index (κ2) is 7.09. The SMILES string of the molecule is CCOC(=O)c1sc(-c2cc(N)c3[nH]c(-c4cccc(C)n4)cc3c2)nc1C. The van der Waals surface area contributed by atoms with Gasteiger partial charge in [0.25, 0.3) is 0 Å². The van der Waals surface area contributed by atoms with Crippen LogP contribution in [0.3, 0.4) is 0 Å². The highest BCUT2D eigenvalue weighted by atomic mass is 32.1. The van der Waals surface area contributed by atoms with Crippen molar-refractivity contribution >= 4 is 33.9 Å². The van der Waals surface area contributed by atoms with Crippen molar-refractivity contribution in [3.63, 3.8) is 0 Å². The lowest BCUT2D eigenvalue weighted by molar-refractivity contribution is 0.0531. The lowest BCUT2D eigenvalue weighted by atomic mass is 10.1. The van der Waals surface area contributed by atoms with Gasteiger partial charge in [-0.2, -0.15) is 0 Å². The number of rotatable bonds is 4. The van der Waals surface area contributed by atoms with Crippen LogP contribution >= 0.6 is 11.3 Å². The molecule has 7 heteroatoms. The standard InChI is InChI=1S/C21H20N4O2S/c1-4-27-21(26)19-12(3)24-20(28-19)14-8-13-10-17(25-18(13)15(22)9-14)16-7-5-6-11(2)23-16/h5-10,25H,4,22H2,1-3H3. The largest absolute Gasteiger partial charge is 0.462 e. The molecule has 0 atom stereocenters. The van der Waals surface area contributed by atoms with E-state index in [-0.39, 0.29) is 5.97 Å². The Morgan fingerprint density at radius 3 is 2.79 bits per heavy atom. The molecule has 0 spiro atoms. The van der Waals surface area contributed by atoms with Crippen LogP contribution in [0.15, 0.2) is 36.4 Å². The Bertz CT molecular complexity index is 1190. The molecular formula is C21H20N4O2S. The minimum Gasteiger partial charge on any atom is -0.462 e. The minimum atomic E-state index is -0.341. The van der Waals surface area contributed by atoms with Gasteiger partial charge in [0.15, 0.2) is 0 Å². The molecule has 3 N–H and O–H groups in total. The predicted molar refractivity (Wildman–Crippen MR) is 112 cm³/mol. The lowest BCUT2D eigenvalue weighted by Crippen LogP contribution is -2.03. The lowest BCUT2D eigenvalue weighted by Gasteiger charge is -2.01. The van der Waals surface area contributed by atoms with Crippen LogP contribution in [-0.4, -0.2) is 27.5 Å². The van der Waals surface area contributed by atoms with Gasteiger partial charge in [-0.3, -0.25) is 4.98 Å². The van der Waals surface area contributed by atoms with E-state index in [4.69, 9.17) is 10.5 Å². The average molecular weight is 392 g/mol. The first-order valence-corrected chi connectivity index (χ1v) is 9.79. The van der Waals surface area contributed by atoms with Crippen LogP contribution in [0.1, 0.15) is 28.0 Å². The molecule has 0 aliphatic carbocycles. The van der Waals surface area contributed by atoms with Crippen molar-refractivity contribution in [1.29, 1.82) is 0 Å². The molecule has 4 aromatic rings. The van der Waals surface area contributed by atoms with Gasteiger partial charge < -0.3 is 15.5 Å². The summed E-state index contributed by atoms with van der Waals surface area (Å²) in [7, 11) is 0. The fourth-order valence-corrected chi connectivity index (χ4v) is 4.08. The molecule has 0 bridgehead atoms. The number of nitrogens with one attached hydrogen (secondary N) is 1. The molecule has 1 aromatic carbocycles. The molecular weight excluding hydrogens is 372 g/mol. The number of anilines is 1. The summed E-state index contributed by atoms with van der Waals surface area (Å²) < 4.78 is 5.11. The number of aromatic amines is 1. The van der Waals surface area contributed by atoms with Gasteiger partial charge in [0.1, 0.15) is 9.88 Å². The van der Waals surface area contributed by atoms with E-state index >= 15 is 0 Å². The summed E-state index contributed by atoms with van der Waals surface area (Å²) in [4.78, 5) is 25.1. The molecule has 3 heterocycles. The average Bonchev–Trinajstić information content (AvgIpc) is 3.26. The Morgan fingerprint density at radius 2 is 2.04 bits per heavy atom. The first-order chi connectivity index (χ1) is 13.5. The topological polar surface area (TPSA) is 93.9 Å². The second-order valence-electron chi connectivity index (χ2n) is 6.53. The molecule has 4 rings (SSSR count). The molecule has 3 aromatic heterocycles. The van der Waals surface area contributed by atoms with E-state index in [0.717, 1.165) is 38.6 Å². The molecule has 0 radical (unpaired) electrons. The quantitative estimate of drug-likeness (QED) is 0.387. The van der Waals surface area contributed by atoms with Crippen molar-refractivity contribution in [3.8, 4) is 22.0 Å². The summed E-state index contributed by atoms with van der Waals surface area (Å²) in [5.41, 5.74) is 12.0. The Hall–Kier alpha value is -3.19. The molecule has 0 aliphatic heterocycles. The van der Waals surface area contributed by atoms with Crippen LogP contribution in [0.2, 0.25) is 0 Å². The van der Waals surface area contributed by atoms with Gasteiger partial charge in [0.05, 0.1) is 34.9 Å². The molecule has 0 saturated carbocycles. The van der Waals surface area contributed by atoms with Crippen LogP contribution in [0, 0.1) is 13.8 Å². The summed E-state index contributed by atoms with van der Waals surface area (Å²) in [5.74, 6) is -0.341. The third-order valence-corrected chi connectivity index (χ3v) is 5.61. The summed E-state index contributed by atoms with van der Waals surface area (Å²) in [5, 5.41) is 1.71. The monoisotopic (exact) mass is 392 g/mol. The third kappa shape index (κ3) is 3.25. The molecule has 0 fully saturated rings. The molecule has 6 nitrogen and oxygen atoms in total. The normalized spacial score (nSPS) is 11.1. The van der Waals surface area contributed by atoms with E-state index in [1.807, 2.05) is 50.2 Å². The van der Waals surface area contributed by atoms with Crippen molar-refractivity contribution in [2.75, 3.05) is 12.3 Å². The van der Waals surface area contributed by atoms with Crippen LogP contribution in [0.5, 0.6) is 0 Å². The predicted octanol–water partition coefficient (Wildman–Crippen LogP) is 4.73. The van der Waals surface area contributed by atoms with Crippen molar-refractivity contribution in [1.82, 2.24) is 15.0 Å². The third-order valence-electron chi connectivity index (χ3n) is 4.43. The molecule has 142 valence electrons.